The zero-order chi connectivity index (χ0) is 10.9. The van der Waals surface area contributed by atoms with Crippen LogP contribution in [0, 0.1) is 0 Å². The lowest BCUT2D eigenvalue weighted by molar-refractivity contribution is -0.274. The molecule has 1 heterocycles. The van der Waals surface area contributed by atoms with E-state index in [1.807, 2.05) is 0 Å². The van der Waals surface area contributed by atoms with Crippen molar-refractivity contribution in [3.63, 3.8) is 0 Å². The van der Waals surface area contributed by atoms with Gasteiger partial charge in [-0.05, 0) is 38.5 Å². The fraction of sp³-hybridized carbons (Fsp3) is 1.00. The van der Waals surface area contributed by atoms with E-state index in [0.29, 0.717) is 0 Å². The molecule has 0 amide bonds. The third-order valence-electron chi connectivity index (χ3n) is 5.38. The van der Waals surface area contributed by atoms with Crippen LogP contribution >= 0.6 is 0 Å². The third-order valence-corrected chi connectivity index (χ3v) is 5.38. The second kappa shape index (κ2) is 2.82. The number of hydrogen-bond acceptors (Lipinski definition) is 3. The van der Waals surface area contributed by atoms with E-state index in [9.17, 15) is 5.11 Å². The second-order valence-electron chi connectivity index (χ2n) is 6.14. The molecule has 4 rings (SSSR count). The molecule has 3 atom stereocenters. The minimum absolute atomic E-state index is 0.171. The average Bonchev–Trinajstić information content (AvgIpc) is 2.69. The lowest BCUT2D eigenvalue weighted by Crippen LogP contribution is -2.63. The second-order valence-corrected chi connectivity index (χ2v) is 6.14. The van der Waals surface area contributed by atoms with Crippen LogP contribution in [-0.2, 0) is 9.47 Å². The maximum absolute atomic E-state index is 10.5. The van der Waals surface area contributed by atoms with E-state index in [0.717, 1.165) is 38.5 Å². The maximum Gasteiger partial charge on any atom is 0.169 e. The number of ether oxygens (including phenoxy) is 2. The molecule has 2 spiro atoms. The van der Waals surface area contributed by atoms with Gasteiger partial charge in [0, 0.05) is 12.8 Å². The monoisotopic (exact) mass is 224 g/mol. The van der Waals surface area contributed by atoms with Gasteiger partial charge in [0.25, 0.3) is 0 Å². The Hall–Kier alpha value is -0.120. The number of aliphatic hydroxyl groups is 1. The summed E-state index contributed by atoms with van der Waals surface area (Å²) in [6, 6.07) is 0. The van der Waals surface area contributed by atoms with Gasteiger partial charge in [-0.1, -0.05) is 6.42 Å². The molecule has 1 N–H and O–H groups in total. The van der Waals surface area contributed by atoms with Crippen LogP contribution in [0.4, 0.5) is 0 Å². The highest BCUT2D eigenvalue weighted by molar-refractivity contribution is 5.22. The van der Waals surface area contributed by atoms with Gasteiger partial charge in [0.1, 0.15) is 5.60 Å². The van der Waals surface area contributed by atoms with Crippen molar-refractivity contribution in [1.29, 1.82) is 0 Å². The summed E-state index contributed by atoms with van der Waals surface area (Å²) < 4.78 is 12.6. The highest BCUT2D eigenvalue weighted by Gasteiger charge is 2.74. The first-order chi connectivity index (χ1) is 7.68. The van der Waals surface area contributed by atoms with E-state index in [-0.39, 0.29) is 17.5 Å². The quantitative estimate of drug-likeness (QED) is 0.685. The molecule has 1 saturated heterocycles. The van der Waals surface area contributed by atoms with E-state index in [2.05, 4.69) is 0 Å². The van der Waals surface area contributed by atoms with Crippen LogP contribution < -0.4 is 0 Å². The molecule has 1 unspecified atom stereocenters. The van der Waals surface area contributed by atoms with Crippen molar-refractivity contribution in [1.82, 2.24) is 0 Å². The van der Waals surface area contributed by atoms with E-state index in [4.69, 9.17) is 9.47 Å². The van der Waals surface area contributed by atoms with Gasteiger partial charge < -0.3 is 14.6 Å². The fourth-order valence-electron chi connectivity index (χ4n) is 4.35. The van der Waals surface area contributed by atoms with Gasteiger partial charge in [0.05, 0.1) is 11.7 Å². The molecule has 0 radical (unpaired) electrons. The molecule has 1 aliphatic heterocycles. The molecule has 0 aromatic rings. The number of rotatable bonds is 0. The van der Waals surface area contributed by atoms with Gasteiger partial charge >= 0.3 is 0 Å². The Balaban J connectivity index is 1.65. The molecule has 3 saturated carbocycles. The summed E-state index contributed by atoms with van der Waals surface area (Å²) in [7, 11) is 0. The van der Waals surface area contributed by atoms with Gasteiger partial charge in [-0.2, -0.15) is 0 Å². The average molecular weight is 224 g/mol. The van der Waals surface area contributed by atoms with Crippen LogP contribution in [0.3, 0.4) is 0 Å². The van der Waals surface area contributed by atoms with E-state index in [1.165, 1.54) is 19.3 Å². The molecule has 90 valence electrons. The smallest absolute Gasteiger partial charge is 0.169 e. The Kier molecular flexibility index (Phi) is 1.74. The van der Waals surface area contributed by atoms with E-state index < -0.39 is 5.60 Å². The van der Waals surface area contributed by atoms with Crippen molar-refractivity contribution in [2.75, 3.05) is 0 Å². The van der Waals surface area contributed by atoms with Crippen molar-refractivity contribution < 1.29 is 14.6 Å². The van der Waals surface area contributed by atoms with Crippen LogP contribution in [0.2, 0.25) is 0 Å². The predicted molar refractivity (Wildman–Crippen MR) is 57.9 cm³/mol. The molecule has 3 nitrogen and oxygen atoms in total. The van der Waals surface area contributed by atoms with Crippen LogP contribution in [0.15, 0.2) is 0 Å². The summed E-state index contributed by atoms with van der Waals surface area (Å²) in [5, 5.41) is 10.5. The van der Waals surface area contributed by atoms with Crippen LogP contribution in [0.1, 0.15) is 57.8 Å². The first-order valence-electron chi connectivity index (χ1n) is 6.79. The molecule has 3 heteroatoms. The van der Waals surface area contributed by atoms with Gasteiger partial charge in [-0.25, -0.2) is 0 Å². The molecule has 0 bridgehead atoms. The fourth-order valence-corrected chi connectivity index (χ4v) is 4.35. The molecular formula is C13H20O3. The zero-order valence-electron chi connectivity index (χ0n) is 9.71. The SMILES string of the molecule is OC12CC[C@@H]3OC4(CCCCC4)O[C@@]31CC2. The van der Waals surface area contributed by atoms with Gasteiger partial charge in [0.2, 0.25) is 0 Å². The summed E-state index contributed by atoms with van der Waals surface area (Å²) >= 11 is 0. The highest BCUT2D eigenvalue weighted by Crippen LogP contribution is 2.63. The minimum atomic E-state index is -0.557. The molecule has 4 fully saturated rings. The van der Waals surface area contributed by atoms with E-state index in [1.54, 1.807) is 0 Å². The Bertz CT molecular complexity index is 323. The topological polar surface area (TPSA) is 38.7 Å². The Morgan fingerprint density at radius 1 is 0.938 bits per heavy atom. The predicted octanol–water partition coefficient (Wildman–Crippen LogP) is 2.12. The molecule has 4 aliphatic rings. The first kappa shape index (κ1) is 9.86. The third kappa shape index (κ3) is 0.964. The maximum atomic E-state index is 10.5. The Morgan fingerprint density at radius 2 is 1.75 bits per heavy atom. The first-order valence-corrected chi connectivity index (χ1v) is 6.79. The lowest BCUT2D eigenvalue weighted by atomic mass is 9.67. The largest absolute Gasteiger partial charge is 0.387 e. The van der Waals surface area contributed by atoms with Crippen LogP contribution in [0.25, 0.3) is 0 Å². The highest BCUT2D eigenvalue weighted by atomic mass is 16.8. The number of hydrogen-bond donors (Lipinski definition) is 1. The summed E-state index contributed by atoms with van der Waals surface area (Å²) in [5.74, 6) is -0.322. The van der Waals surface area contributed by atoms with Crippen molar-refractivity contribution in [3.05, 3.63) is 0 Å². The summed E-state index contributed by atoms with van der Waals surface area (Å²) in [5.41, 5.74) is -0.872. The summed E-state index contributed by atoms with van der Waals surface area (Å²) in [6.07, 6.45) is 9.70. The summed E-state index contributed by atoms with van der Waals surface area (Å²) in [6.45, 7) is 0. The standard InChI is InChI=1S/C13H20O3/c14-11-7-4-10-13(11,9-8-11)16-12(15-10)5-2-1-3-6-12/h10,14H,1-9H2/t10-,11?,13-/m0/s1. The van der Waals surface area contributed by atoms with Crippen molar-refractivity contribution in [2.45, 2.75) is 80.9 Å². The molecule has 0 aromatic heterocycles. The molecular weight excluding hydrogens is 204 g/mol. The van der Waals surface area contributed by atoms with Gasteiger partial charge in [-0.15, -0.1) is 0 Å². The Labute approximate surface area is 96.1 Å². The normalized spacial score (nSPS) is 53.4. The minimum Gasteiger partial charge on any atom is -0.387 e. The Morgan fingerprint density at radius 3 is 2.38 bits per heavy atom. The molecule has 0 aromatic carbocycles. The summed E-state index contributed by atoms with van der Waals surface area (Å²) in [4.78, 5) is 0. The molecule has 3 aliphatic carbocycles. The van der Waals surface area contributed by atoms with Gasteiger partial charge in [-0.3, -0.25) is 0 Å². The van der Waals surface area contributed by atoms with Crippen LogP contribution in [0.5, 0.6) is 0 Å². The zero-order valence-corrected chi connectivity index (χ0v) is 9.71. The van der Waals surface area contributed by atoms with Gasteiger partial charge in [0.15, 0.2) is 5.79 Å². The van der Waals surface area contributed by atoms with E-state index >= 15 is 0 Å². The molecule has 16 heavy (non-hydrogen) atoms. The van der Waals surface area contributed by atoms with Crippen molar-refractivity contribution in [2.24, 2.45) is 0 Å². The van der Waals surface area contributed by atoms with Crippen molar-refractivity contribution >= 4 is 0 Å². The van der Waals surface area contributed by atoms with Crippen molar-refractivity contribution in [3.8, 4) is 0 Å². The lowest BCUT2D eigenvalue weighted by Gasteiger charge is -2.51. The van der Waals surface area contributed by atoms with Crippen LogP contribution in [-0.4, -0.2) is 28.2 Å².